The lowest BCUT2D eigenvalue weighted by Gasteiger charge is -2.14. The molecular weight excluding hydrogens is 178 g/mol. The molecule has 0 aliphatic carbocycles. The molecule has 1 heterocycles. The molecule has 0 aromatic rings. The maximum atomic E-state index is 10.7. The smallest absolute Gasteiger partial charge is 0.309 e. The monoisotopic (exact) mass is 189 g/mol. The fourth-order valence-corrected chi connectivity index (χ4v) is 2.54. The van der Waals surface area contributed by atoms with Crippen LogP contribution in [0.15, 0.2) is 0 Å². The number of carboxylic acids is 1. The number of amides is 1. The summed E-state index contributed by atoms with van der Waals surface area (Å²) in [6, 6.07) is -0.190. The van der Waals surface area contributed by atoms with Gasteiger partial charge in [-0.15, -0.1) is 0 Å². The summed E-state index contributed by atoms with van der Waals surface area (Å²) < 4.78 is 0. The highest BCUT2D eigenvalue weighted by atomic mass is 32.2. The van der Waals surface area contributed by atoms with Crippen molar-refractivity contribution in [3.63, 3.8) is 0 Å². The molecule has 1 amide bonds. The summed E-state index contributed by atoms with van der Waals surface area (Å²) >= 11 is 1.57. The first-order valence-electron chi connectivity index (χ1n) is 3.69. The number of rotatable bonds is 2. The van der Waals surface area contributed by atoms with Crippen LogP contribution < -0.4 is 5.32 Å². The van der Waals surface area contributed by atoms with Gasteiger partial charge in [-0.2, -0.15) is 11.8 Å². The van der Waals surface area contributed by atoms with Gasteiger partial charge in [0.25, 0.3) is 0 Å². The van der Waals surface area contributed by atoms with Crippen LogP contribution in [0, 0.1) is 5.92 Å². The van der Waals surface area contributed by atoms with Crippen LogP contribution in [0.5, 0.6) is 0 Å². The van der Waals surface area contributed by atoms with Crippen LogP contribution in [0.3, 0.4) is 0 Å². The molecule has 2 unspecified atom stereocenters. The molecule has 0 aromatic carbocycles. The topological polar surface area (TPSA) is 66.4 Å². The van der Waals surface area contributed by atoms with Crippen molar-refractivity contribution in [2.75, 3.05) is 11.5 Å². The molecule has 4 nitrogen and oxygen atoms in total. The number of thioether (sulfide) groups is 1. The van der Waals surface area contributed by atoms with E-state index in [0.29, 0.717) is 11.5 Å². The van der Waals surface area contributed by atoms with Gasteiger partial charge in [0.15, 0.2) is 0 Å². The minimum Gasteiger partial charge on any atom is -0.481 e. The van der Waals surface area contributed by atoms with E-state index in [1.165, 1.54) is 6.92 Å². The third kappa shape index (κ3) is 2.14. The molecule has 0 spiro atoms. The molecule has 12 heavy (non-hydrogen) atoms. The second kappa shape index (κ2) is 3.80. The third-order valence-corrected chi connectivity index (χ3v) is 2.98. The van der Waals surface area contributed by atoms with Crippen LogP contribution in [0.4, 0.5) is 0 Å². The SMILES string of the molecule is CC(=O)NC1CSCC1C(=O)O. The summed E-state index contributed by atoms with van der Waals surface area (Å²) in [4.78, 5) is 21.3. The summed E-state index contributed by atoms with van der Waals surface area (Å²) in [6.45, 7) is 1.40. The van der Waals surface area contributed by atoms with Gasteiger partial charge in [-0.1, -0.05) is 0 Å². The summed E-state index contributed by atoms with van der Waals surface area (Å²) in [6.07, 6.45) is 0. The Morgan fingerprint density at radius 3 is 2.67 bits per heavy atom. The largest absolute Gasteiger partial charge is 0.481 e. The molecule has 1 aliphatic heterocycles. The number of hydrogen-bond donors (Lipinski definition) is 2. The molecule has 1 aliphatic rings. The van der Waals surface area contributed by atoms with Gasteiger partial charge in [0.05, 0.1) is 12.0 Å². The number of carboxylic acid groups (broad SMARTS) is 1. The van der Waals surface area contributed by atoms with Crippen molar-refractivity contribution in [3.8, 4) is 0 Å². The Morgan fingerprint density at radius 2 is 2.17 bits per heavy atom. The zero-order chi connectivity index (χ0) is 9.14. The van der Waals surface area contributed by atoms with Crippen LogP contribution in [0.25, 0.3) is 0 Å². The lowest BCUT2D eigenvalue weighted by molar-refractivity contribution is -0.141. The molecule has 0 radical (unpaired) electrons. The third-order valence-electron chi connectivity index (χ3n) is 1.79. The highest BCUT2D eigenvalue weighted by Gasteiger charge is 2.33. The van der Waals surface area contributed by atoms with E-state index in [1.807, 2.05) is 0 Å². The lowest BCUT2D eigenvalue weighted by atomic mass is 10.0. The Kier molecular flexibility index (Phi) is 2.97. The van der Waals surface area contributed by atoms with Crippen LogP contribution in [0.1, 0.15) is 6.92 Å². The van der Waals surface area contributed by atoms with Crippen LogP contribution in [0.2, 0.25) is 0 Å². The Bertz CT molecular complexity index is 207. The second-order valence-electron chi connectivity index (χ2n) is 2.79. The first-order chi connectivity index (χ1) is 5.61. The zero-order valence-electron chi connectivity index (χ0n) is 6.74. The first kappa shape index (κ1) is 9.38. The van der Waals surface area contributed by atoms with Crippen LogP contribution in [-0.2, 0) is 9.59 Å². The average Bonchev–Trinajstić information content (AvgIpc) is 2.33. The van der Waals surface area contributed by atoms with Gasteiger partial charge >= 0.3 is 5.97 Å². The van der Waals surface area contributed by atoms with Gasteiger partial charge in [0.1, 0.15) is 0 Å². The van der Waals surface area contributed by atoms with E-state index in [0.717, 1.165) is 0 Å². The average molecular weight is 189 g/mol. The van der Waals surface area contributed by atoms with E-state index in [9.17, 15) is 9.59 Å². The molecule has 0 bridgehead atoms. The first-order valence-corrected chi connectivity index (χ1v) is 4.84. The van der Waals surface area contributed by atoms with E-state index in [-0.39, 0.29) is 11.9 Å². The molecule has 0 saturated carbocycles. The van der Waals surface area contributed by atoms with Crippen molar-refractivity contribution in [2.45, 2.75) is 13.0 Å². The summed E-state index contributed by atoms with van der Waals surface area (Å²) in [5.41, 5.74) is 0. The Balaban J connectivity index is 2.52. The van der Waals surface area contributed by atoms with Gasteiger partial charge in [-0.3, -0.25) is 9.59 Å². The van der Waals surface area contributed by atoms with Gasteiger partial charge in [0, 0.05) is 18.4 Å². The predicted octanol–water partition coefficient (Wildman–Crippen LogP) is -0.0613. The van der Waals surface area contributed by atoms with Crippen molar-refractivity contribution in [3.05, 3.63) is 0 Å². The molecule has 2 N–H and O–H groups in total. The van der Waals surface area contributed by atoms with Gasteiger partial charge in [-0.05, 0) is 0 Å². The van der Waals surface area contributed by atoms with Crippen LogP contribution >= 0.6 is 11.8 Å². The standard InChI is InChI=1S/C7H11NO3S/c1-4(9)8-6-3-12-2-5(6)7(10)11/h5-6H,2-3H2,1H3,(H,8,9)(H,10,11). The van der Waals surface area contributed by atoms with E-state index in [1.54, 1.807) is 11.8 Å². The molecule has 1 rings (SSSR count). The van der Waals surface area contributed by atoms with E-state index >= 15 is 0 Å². The summed E-state index contributed by atoms with van der Waals surface area (Å²) in [5, 5.41) is 11.4. The highest BCUT2D eigenvalue weighted by molar-refractivity contribution is 7.99. The Hall–Kier alpha value is -0.710. The van der Waals surface area contributed by atoms with Crippen molar-refractivity contribution < 1.29 is 14.7 Å². The number of carbonyl (C=O) groups is 2. The second-order valence-corrected chi connectivity index (χ2v) is 3.86. The molecule has 1 fully saturated rings. The van der Waals surface area contributed by atoms with Crippen LogP contribution in [-0.4, -0.2) is 34.5 Å². The van der Waals surface area contributed by atoms with E-state index < -0.39 is 11.9 Å². The van der Waals surface area contributed by atoms with E-state index in [2.05, 4.69) is 5.32 Å². The molecule has 2 atom stereocenters. The molecule has 0 aromatic heterocycles. The number of aliphatic carboxylic acids is 1. The van der Waals surface area contributed by atoms with Crippen molar-refractivity contribution >= 4 is 23.6 Å². The Morgan fingerprint density at radius 1 is 1.50 bits per heavy atom. The minimum absolute atomic E-state index is 0.159. The number of nitrogens with one attached hydrogen (secondary N) is 1. The molecule has 5 heteroatoms. The van der Waals surface area contributed by atoms with Gasteiger partial charge < -0.3 is 10.4 Å². The molecular formula is C7H11NO3S. The maximum absolute atomic E-state index is 10.7. The van der Waals surface area contributed by atoms with Crippen molar-refractivity contribution in [2.24, 2.45) is 5.92 Å². The zero-order valence-corrected chi connectivity index (χ0v) is 7.56. The summed E-state index contributed by atoms with van der Waals surface area (Å²) in [7, 11) is 0. The number of carbonyl (C=O) groups excluding carboxylic acids is 1. The van der Waals surface area contributed by atoms with Crippen molar-refractivity contribution in [1.29, 1.82) is 0 Å². The predicted molar refractivity (Wildman–Crippen MR) is 46.1 cm³/mol. The maximum Gasteiger partial charge on any atom is 0.309 e. The molecule has 1 saturated heterocycles. The summed E-state index contributed by atoms with van der Waals surface area (Å²) in [5.74, 6) is -0.0944. The highest BCUT2D eigenvalue weighted by Crippen LogP contribution is 2.24. The number of hydrogen-bond acceptors (Lipinski definition) is 3. The normalized spacial score (nSPS) is 28.4. The van der Waals surface area contributed by atoms with Gasteiger partial charge in [0.2, 0.25) is 5.91 Å². The van der Waals surface area contributed by atoms with Gasteiger partial charge in [-0.25, -0.2) is 0 Å². The Labute approximate surface area is 74.7 Å². The minimum atomic E-state index is -0.821. The fourth-order valence-electron chi connectivity index (χ4n) is 1.20. The molecule has 68 valence electrons. The van der Waals surface area contributed by atoms with E-state index in [4.69, 9.17) is 5.11 Å². The fraction of sp³-hybridized carbons (Fsp3) is 0.714. The quantitative estimate of drug-likeness (QED) is 0.638. The van der Waals surface area contributed by atoms with Crippen molar-refractivity contribution in [1.82, 2.24) is 5.32 Å². The lowest BCUT2D eigenvalue weighted by Crippen LogP contribution is -2.41.